The first-order chi connectivity index (χ1) is 28.7. The molecule has 0 amide bonds. The summed E-state index contributed by atoms with van der Waals surface area (Å²) in [5.41, 5.74) is 13.3. The Labute approximate surface area is 339 Å². The van der Waals surface area contributed by atoms with Crippen molar-refractivity contribution in [1.82, 2.24) is 5.32 Å². The lowest BCUT2D eigenvalue weighted by molar-refractivity contribution is 0.757. The summed E-state index contributed by atoms with van der Waals surface area (Å²) in [6.45, 7) is 0. The van der Waals surface area contributed by atoms with Crippen molar-refractivity contribution < 1.29 is 0 Å². The third kappa shape index (κ3) is 4.38. The van der Waals surface area contributed by atoms with E-state index < -0.39 is 0 Å². The van der Waals surface area contributed by atoms with Crippen LogP contribution in [0.5, 0.6) is 0 Å². The highest BCUT2D eigenvalue weighted by Crippen LogP contribution is 2.62. The monoisotopic (exact) mass is 755 g/mol. The van der Waals surface area contributed by atoms with E-state index in [1.807, 2.05) is 17.4 Å². The number of hydrogen-bond acceptors (Lipinski definition) is 4. The van der Waals surface area contributed by atoms with E-state index in [1.54, 1.807) is 0 Å². The number of benzene rings is 9. The second-order valence-corrected chi connectivity index (χ2v) is 16.8. The molecule has 10 aromatic rings. The minimum atomic E-state index is -0.378. The Morgan fingerprint density at radius 3 is 1.79 bits per heavy atom. The predicted octanol–water partition coefficient (Wildman–Crippen LogP) is 13.2. The van der Waals surface area contributed by atoms with Crippen LogP contribution in [-0.2, 0) is 5.41 Å². The lowest BCUT2D eigenvalue weighted by Crippen LogP contribution is -2.36. The van der Waals surface area contributed by atoms with Crippen LogP contribution >= 0.6 is 11.3 Å². The first kappa shape index (κ1) is 32.0. The van der Waals surface area contributed by atoms with Crippen molar-refractivity contribution in [2.75, 3.05) is 0 Å². The summed E-state index contributed by atoms with van der Waals surface area (Å²) >= 11 is 1.83. The van der Waals surface area contributed by atoms with Crippen LogP contribution in [-0.4, -0.2) is 11.7 Å². The molecule has 1 atom stereocenters. The average molecular weight is 756 g/mol. The van der Waals surface area contributed by atoms with Gasteiger partial charge in [0.25, 0.3) is 0 Å². The van der Waals surface area contributed by atoms with Gasteiger partial charge < -0.3 is 5.32 Å². The predicted molar refractivity (Wildman–Crippen MR) is 242 cm³/mol. The number of aliphatic imine (C=N–C) groups is 2. The zero-order valence-corrected chi connectivity index (χ0v) is 32.1. The van der Waals surface area contributed by atoms with Crippen LogP contribution in [0.15, 0.2) is 198 Å². The number of thiophene rings is 1. The van der Waals surface area contributed by atoms with Gasteiger partial charge in [0.15, 0.2) is 6.17 Å². The number of nitrogens with zero attached hydrogens (tertiary/aromatic N) is 2. The maximum atomic E-state index is 5.26. The molecule has 1 spiro atoms. The Kier molecular flexibility index (Phi) is 6.59. The van der Waals surface area contributed by atoms with E-state index in [0.717, 1.165) is 28.4 Å². The molecule has 0 fully saturated rings. The van der Waals surface area contributed by atoms with E-state index in [9.17, 15) is 0 Å². The normalized spacial score (nSPS) is 15.9. The van der Waals surface area contributed by atoms with Crippen molar-refractivity contribution >= 4 is 64.7 Å². The Hall–Kier alpha value is -7.14. The molecule has 0 saturated heterocycles. The van der Waals surface area contributed by atoms with Crippen LogP contribution in [0, 0.1) is 0 Å². The number of rotatable bonds is 4. The molecule has 13 rings (SSSR count). The SMILES string of the molecule is c1ccc(C2=NC(c3ccc4sc5ccccc5c4c3)N=C(c3ccc(-c4ccc5c(c4)-c4ccccc4C54c5cccc6ccc7cccc4c7c56)cc3)N2)cc1. The Morgan fingerprint density at radius 1 is 0.414 bits per heavy atom. The molecular formula is C54H33N3S. The van der Waals surface area contributed by atoms with Gasteiger partial charge in [0.2, 0.25) is 0 Å². The Morgan fingerprint density at radius 2 is 1.02 bits per heavy atom. The quantitative estimate of drug-likeness (QED) is 0.178. The molecule has 9 aromatic carbocycles. The van der Waals surface area contributed by atoms with Crippen LogP contribution in [0.3, 0.4) is 0 Å². The summed E-state index contributed by atoms with van der Waals surface area (Å²) in [7, 11) is 0. The molecule has 2 aliphatic carbocycles. The van der Waals surface area contributed by atoms with E-state index in [1.165, 1.54) is 86.2 Å². The zero-order chi connectivity index (χ0) is 38.0. The third-order valence-corrected chi connectivity index (χ3v) is 13.9. The highest BCUT2D eigenvalue weighted by Gasteiger charge is 2.50. The van der Waals surface area contributed by atoms with Gasteiger partial charge >= 0.3 is 0 Å². The maximum Gasteiger partial charge on any atom is 0.169 e. The Bertz CT molecular complexity index is 3370. The molecule has 1 aliphatic heterocycles. The molecule has 4 heteroatoms. The van der Waals surface area contributed by atoms with Gasteiger partial charge in [-0.15, -0.1) is 11.3 Å². The van der Waals surface area contributed by atoms with Crippen LogP contribution in [0.4, 0.5) is 0 Å². The average Bonchev–Trinajstić information content (AvgIpc) is 3.93. The highest BCUT2D eigenvalue weighted by atomic mass is 32.1. The molecule has 1 N–H and O–H groups in total. The van der Waals surface area contributed by atoms with Crippen molar-refractivity contribution in [3.8, 4) is 22.3 Å². The van der Waals surface area contributed by atoms with Crippen molar-refractivity contribution in [2.45, 2.75) is 11.6 Å². The molecular weight excluding hydrogens is 723 g/mol. The van der Waals surface area contributed by atoms with Gasteiger partial charge in [-0.3, -0.25) is 0 Å². The van der Waals surface area contributed by atoms with Gasteiger partial charge in [0.1, 0.15) is 11.7 Å². The molecule has 2 heterocycles. The number of nitrogens with one attached hydrogen (secondary N) is 1. The summed E-state index contributed by atoms with van der Waals surface area (Å²) in [5.74, 6) is 1.64. The first-order valence-electron chi connectivity index (χ1n) is 19.9. The van der Waals surface area contributed by atoms with Gasteiger partial charge in [-0.05, 0) is 95.9 Å². The minimum absolute atomic E-state index is 0.350. The van der Waals surface area contributed by atoms with Crippen molar-refractivity contribution in [2.24, 2.45) is 9.98 Å². The molecule has 270 valence electrons. The summed E-state index contributed by atoms with van der Waals surface area (Å²) < 4.78 is 2.57. The van der Waals surface area contributed by atoms with Crippen molar-refractivity contribution in [1.29, 1.82) is 0 Å². The maximum absolute atomic E-state index is 5.26. The molecule has 1 unspecified atom stereocenters. The van der Waals surface area contributed by atoms with E-state index in [-0.39, 0.29) is 11.6 Å². The van der Waals surface area contributed by atoms with E-state index in [2.05, 4.69) is 187 Å². The fourth-order valence-corrected chi connectivity index (χ4v) is 11.3. The lowest BCUT2D eigenvalue weighted by atomic mass is 9.70. The lowest BCUT2D eigenvalue weighted by Gasteiger charge is -2.30. The molecule has 3 nitrogen and oxygen atoms in total. The second-order valence-electron chi connectivity index (χ2n) is 15.7. The van der Waals surface area contributed by atoms with Gasteiger partial charge in [-0.25, -0.2) is 9.98 Å². The summed E-state index contributed by atoms with van der Waals surface area (Å²) in [4.78, 5) is 10.4. The molecule has 0 bridgehead atoms. The standard InChI is InChI=1S/C54H33N3S/c1-2-10-35(11-3-1)51-55-52(57-53(56-51)38-27-29-48-42(31-38)40-15-5-7-19-47(40)58-48)36-24-20-32(21-25-36)37-26-28-44-41(30-37)39-14-4-6-16-43(39)54(44)45-17-8-12-33-22-23-34-13-9-18-46(54)50(34)49(33)45/h1-31,53H,(H,55,56,57). The third-order valence-electron chi connectivity index (χ3n) is 12.7. The van der Waals surface area contributed by atoms with Gasteiger partial charge in [-0.2, -0.15) is 0 Å². The van der Waals surface area contributed by atoms with Gasteiger partial charge in [0.05, 0.1) is 5.41 Å². The summed E-state index contributed by atoms with van der Waals surface area (Å²) in [6.07, 6.45) is -0.378. The van der Waals surface area contributed by atoms with Crippen LogP contribution < -0.4 is 5.32 Å². The van der Waals surface area contributed by atoms with Crippen LogP contribution in [0.2, 0.25) is 0 Å². The van der Waals surface area contributed by atoms with E-state index in [0.29, 0.717) is 0 Å². The molecule has 0 radical (unpaired) electrons. The molecule has 1 aromatic heterocycles. The van der Waals surface area contributed by atoms with Gasteiger partial charge in [0, 0.05) is 31.3 Å². The minimum Gasteiger partial charge on any atom is -0.324 e. The van der Waals surface area contributed by atoms with Crippen LogP contribution in [0.1, 0.15) is 45.1 Å². The fraction of sp³-hybridized carbons (Fsp3) is 0.0370. The molecule has 58 heavy (non-hydrogen) atoms. The summed E-state index contributed by atoms with van der Waals surface area (Å²) in [6, 6.07) is 69.0. The zero-order valence-electron chi connectivity index (χ0n) is 31.3. The van der Waals surface area contributed by atoms with E-state index in [4.69, 9.17) is 9.98 Å². The molecule has 3 aliphatic rings. The number of fused-ring (bicyclic) bond motifs is 10. The number of hydrogen-bond donors (Lipinski definition) is 1. The van der Waals surface area contributed by atoms with E-state index >= 15 is 0 Å². The summed E-state index contributed by atoms with van der Waals surface area (Å²) in [5, 5.41) is 11.5. The van der Waals surface area contributed by atoms with Gasteiger partial charge in [-0.1, -0.05) is 164 Å². The largest absolute Gasteiger partial charge is 0.324 e. The molecule has 0 saturated carbocycles. The smallest absolute Gasteiger partial charge is 0.169 e. The fourth-order valence-electron chi connectivity index (χ4n) is 10.2. The topological polar surface area (TPSA) is 36.8 Å². The highest BCUT2D eigenvalue weighted by molar-refractivity contribution is 7.25. The second kappa shape index (κ2) is 11.9. The van der Waals surface area contributed by atoms with Crippen LogP contribution in [0.25, 0.3) is 64.0 Å². The van der Waals surface area contributed by atoms with Crippen molar-refractivity contribution in [3.63, 3.8) is 0 Å². The first-order valence-corrected chi connectivity index (χ1v) is 20.7. The number of amidine groups is 2. The van der Waals surface area contributed by atoms with Crippen molar-refractivity contribution in [3.05, 3.63) is 227 Å². The Balaban J connectivity index is 0.903.